The topological polar surface area (TPSA) is 129 Å². The van der Waals surface area contributed by atoms with Gasteiger partial charge >= 0.3 is 12.2 Å². The van der Waals surface area contributed by atoms with Gasteiger partial charge in [-0.05, 0) is 50.6 Å². The van der Waals surface area contributed by atoms with Gasteiger partial charge in [0.2, 0.25) is 6.43 Å². The van der Waals surface area contributed by atoms with E-state index in [1.165, 1.54) is 43.0 Å². The highest BCUT2D eigenvalue weighted by atomic mass is 32.1. The van der Waals surface area contributed by atoms with Crippen LogP contribution in [0.25, 0.3) is 32.1 Å². The Morgan fingerprint density at radius 2 is 1.96 bits per heavy atom. The Bertz CT molecular complexity index is 2520. The number of ether oxygens (including phenoxy) is 1. The number of likely N-dealkylation sites (tertiary alicyclic amines) is 1. The average molecular weight is 807 g/mol. The third-order valence-electron chi connectivity index (χ3n) is 10.3. The number of hydrogen-bond acceptors (Lipinski definition) is 10. The molecular weight excluding hydrogens is 768 g/mol. The summed E-state index contributed by atoms with van der Waals surface area (Å²) in [5.74, 6) is -4.96. The fourth-order valence-corrected chi connectivity index (χ4v) is 8.50. The molecule has 7 rings (SSSR count). The van der Waals surface area contributed by atoms with Crippen LogP contribution in [0.4, 0.5) is 41.6 Å². The van der Waals surface area contributed by atoms with E-state index in [4.69, 9.17) is 14.6 Å². The zero-order valence-corrected chi connectivity index (χ0v) is 31.0. The number of nitrogens with two attached hydrogens (primary N) is 1. The summed E-state index contributed by atoms with van der Waals surface area (Å²) in [5.41, 5.74) is 0.160. The maximum atomic E-state index is 17.4. The molecule has 0 aliphatic carbocycles. The van der Waals surface area contributed by atoms with Crippen molar-refractivity contribution in [2.24, 2.45) is 11.3 Å². The van der Waals surface area contributed by atoms with Crippen LogP contribution in [0.1, 0.15) is 51.2 Å². The summed E-state index contributed by atoms with van der Waals surface area (Å²) in [7, 11) is 3.07. The van der Waals surface area contributed by atoms with Gasteiger partial charge in [-0.1, -0.05) is 6.92 Å². The molecule has 2 aliphatic rings. The predicted octanol–water partition coefficient (Wildman–Crippen LogP) is 7.17. The molecule has 5 heterocycles. The van der Waals surface area contributed by atoms with E-state index in [0.717, 1.165) is 22.3 Å². The molecule has 1 amide bonds. The third kappa shape index (κ3) is 6.82. The Balaban J connectivity index is 1.45. The Morgan fingerprint density at radius 3 is 2.64 bits per heavy atom. The molecule has 0 bridgehead atoms. The van der Waals surface area contributed by atoms with E-state index in [2.05, 4.69) is 15.1 Å². The summed E-state index contributed by atoms with van der Waals surface area (Å²) in [6, 6.07) is 5.27. The van der Waals surface area contributed by atoms with Gasteiger partial charge in [0.1, 0.15) is 28.2 Å². The Hall–Kier alpha value is -5.22. The molecule has 2 aromatic carbocycles. The number of carbonyl (C=O) groups is 1. The van der Waals surface area contributed by atoms with Crippen molar-refractivity contribution in [1.29, 1.82) is 5.26 Å². The number of anilines is 2. The molecule has 1 saturated heterocycles. The van der Waals surface area contributed by atoms with E-state index < -0.39 is 88.7 Å². The van der Waals surface area contributed by atoms with Crippen LogP contribution in [0.3, 0.4) is 0 Å². The van der Waals surface area contributed by atoms with E-state index in [0.29, 0.717) is 18.2 Å². The Labute approximate surface area is 324 Å². The SMILES string of the molecule is [2H]C([2H])([2H])N1CC[C@H](C(F)F)[C@](C)(COc2nc(N3CCCn4nc(C(=O)N(C)C)cc4C3)c3cc(C(F)(F)F)c(-c4c(F)ccc5sc(N)c(C#N)c45)c(F)c3n2)C1. The van der Waals surface area contributed by atoms with Crippen molar-refractivity contribution in [2.75, 3.05) is 57.9 Å². The summed E-state index contributed by atoms with van der Waals surface area (Å²) in [4.78, 5) is 25.3. The lowest BCUT2D eigenvalue weighted by Crippen LogP contribution is -2.51. The number of benzene rings is 2. The minimum atomic E-state index is -5.31. The highest BCUT2D eigenvalue weighted by Gasteiger charge is 2.45. The van der Waals surface area contributed by atoms with Gasteiger partial charge < -0.3 is 25.2 Å². The van der Waals surface area contributed by atoms with Gasteiger partial charge in [-0.15, -0.1) is 11.3 Å². The number of aryl methyl sites for hydroxylation is 1. The zero-order chi connectivity index (χ0) is 42.9. The number of nitriles is 1. The first-order chi connectivity index (χ1) is 27.6. The monoisotopic (exact) mass is 806 g/mol. The molecular formula is C37H36F7N9O2S. The fraction of sp³-hybridized carbons (Fsp3) is 0.432. The molecule has 2 aliphatic heterocycles. The second-order valence-corrected chi connectivity index (χ2v) is 15.5. The normalized spacial score (nSPS) is 20.4. The molecule has 1 fully saturated rings. The van der Waals surface area contributed by atoms with Crippen molar-refractivity contribution in [3.05, 3.63) is 58.4 Å². The van der Waals surface area contributed by atoms with Crippen molar-refractivity contribution in [3.8, 4) is 23.2 Å². The van der Waals surface area contributed by atoms with Crippen molar-refractivity contribution in [3.63, 3.8) is 0 Å². The first kappa shape index (κ1) is 35.2. The molecule has 0 spiro atoms. The summed E-state index contributed by atoms with van der Waals surface area (Å²) in [5, 5.41) is 13.3. The first-order valence-electron chi connectivity index (χ1n) is 18.8. The molecule has 56 heavy (non-hydrogen) atoms. The van der Waals surface area contributed by atoms with Gasteiger partial charge in [-0.3, -0.25) is 9.48 Å². The first-order valence-corrected chi connectivity index (χ1v) is 18.2. The standard InChI is InChI=1S/C37H36F7N9O2S/c1-36(16-51(4)11-8-21(36)31(40)41)17-55-35-47-30-19(33(48-35)52-9-5-10-53-18(15-52)12-24(49-53)34(54)50(2)3)13-22(37(42,43)44)27(29(30)39)28-23(38)6-7-25-26(28)20(14-45)32(46)56-25/h6-7,12-13,21,31H,5,8-11,15-17,46H2,1-4H3/t21-,36+/m1/s1/i4D3. The molecule has 11 nitrogen and oxygen atoms in total. The number of fused-ring (bicyclic) bond motifs is 3. The second kappa shape index (κ2) is 14.4. The maximum absolute atomic E-state index is 17.4. The average Bonchev–Trinajstić information content (AvgIpc) is 3.64. The molecule has 0 unspecified atom stereocenters. The van der Waals surface area contributed by atoms with Crippen LogP contribution in [0, 0.1) is 34.3 Å². The number of rotatable bonds is 7. The van der Waals surface area contributed by atoms with Crippen molar-refractivity contribution >= 4 is 49.1 Å². The molecule has 2 N–H and O–H groups in total. The summed E-state index contributed by atoms with van der Waals surface area (Å²) < 4.78 is 139. The summed E-state index contributed by atoms with van der Waals surface area (Å²) in [6.45, 7) is -2.03. The Morgan fingerprint density at radius 1 is 1.20 bits per heavy atom. The quantitative estimate of drug-likeness (QED) is 0.170. The highest BCUT2D eigenvalue weighted by molar-refractivity contribution is 7.23. The van der Waals surface area contributed by atoms with E-state index in [9.17, 15) is 18.8 Å². The Kier molecular flexibility index (Phi) is 9.04. The lowest BCUT2D eigenvalue weighted by atomic mass is 9.73. The number of nitrogens with zero attached hydrogens (tertiary/aromatic N) is 8. The van der Waals surface area contributed by atoms with E-state index in [1.807, 2.05) is 0 Å². The van der Waals surface area contributed by atoms with Crippen molar-refractivity contribution < 1.29 is 44.4 Å². The van der Waals surface area contributed by atoms with E-state index >= 15 is 22.0 Å². The van der Waals surface area contributed by atoms with Crippen molar-refractivity contribution in [1.82, 2.24) is 29.5 Å². The van der Waals surface area contributed by atoms with Crippen LogP contribution in [0.15, 0.2) is 24.3 Å². The number of piperidine rings is 1. The molecule has 3 aromatic heterocycles. The van der Waals surface area contributed by atoms with E-state index in [1.54, 1.807) is 10.8 Å². The zero-order valence-electron chi connectivity index (χ0n) is 33.1. The number of carbonyl (C=O) groups excluding carboxylic acids is 1. The molecule has 0 saturated carbocycles. The van der Waals surface area contributed by atoms with Gasteiger partial charge in [0, 0.05) is 75.8 Å². The van der Waals surface area contributed by atoms with Crippen LogP contribution >= 0.6 is 11.3 Å². The highest BCUT2D eigenvalue weighted by Crippen LogP contribution is 2.49. The molecule has 5 aromatic rings. The van der Waals surface area contributed by atoms with Crippen LogP contribution in [-0.2, 0) is 19.3 Å². The van der Waals surface area contributed by atoms with Crippen LogP contribution in [0.5, 0.6) is 6.01 Å². The molecule has 19 heteroatoms. The number of aromatic nitrogens is 4. The predicted molar refractivity (Wildman–Crippen MR) is 196 cm³/mol. The van der Waals surface area contributed by atoms with E-state index in [-0.39, 0.29) is 71.3 Å². The number of nitrogen functional groups attached to an aromatic ring is 1. The number of hydrogen-bond donors (Lipinski definition) is 1. The smallest absolute Gasteiger partial charge is 0.417 e. The lowest BCUT2D eigenvalue weighted by Gasteiger charge is -2.44. The van der Waals surface area contributed by atoms with Crippen molar-refractivity contribution in [2.45, 2.75) is 45.5 Å². The third-order valence-corrected chi connectivity index (χ3v) is 11.3. The van der Waals surface area contributed by atoms with Gasteiger partial charge in [0.05, 0.1) is 30.0 Å². The van der Waals surface area contributed by atoms with Crippen LogP contribution in [0.2, 0.25) is 0 Å². The largest absolute Gasteiger partial charge is 0.463 e. The fourth-order valence-electron chi connectivity index (χ4n) is 7.57. The molecule has 2 atom stereocenters. The minimum absolute atomic E-state index is 0.0980. The minimum Gasteiger partial charge on any atom is -0.463 e. The number of thiophene rings is 1. The van der Waals surface area contributed by atoms with Gasteiger partial charge in [-0.25, -0.2) is 17.6 Å². The van der Waals surface area contributed by atoms with Gasteiger partial charge in [-0.2, -0.15) is 33.5 Å². The molecule has 0 radical (unpaired) electrons. The van der Waals surface area contributed by atoms with Crippen LogP contribution < -0.4 is 15.4 Å². The maximum Gasteiger partial charge on any atom is 0.417 e. The number of amides is 1. The summed E-state index contributed by atoms with van der Waals surface area (Å²) in [6.07, 6.45) is -8.08. The summed E-state index contributed by atoms with van der Waals surface area (Å²) >= 11 is 0.802. The van der Waals surface area contributed by atoms with Gasteiger partial charge in [0.15, 0.2) is 11.5 Å². The van der Waals surface area contributed by atoms with Crippen LogP contribution in [-0.4, -0.2) is 89.2 Å². The van der Waals surface area contributed by atoms with Gasteiger partial charge in [0.25, 0.3) is 5.91 Å². The number of halogens is 7. The lowest BCUT2D eigenvalue weighted by molar-refractivity contribution is -0.137. The second-order valence-electron chi connectivity index (χ2n) is 14.4. The number of alkyl halides is 5. The molecule has 296 valence electrons.